The van der Waals surface area contributed by atoms with Crippen molar-refractivity contribution in [3.63, 3.8) is 0 Å². The highest BCUT2D eigenvalue weighted by Gasteiger charge is 2.21. The van der Waals surface area contributed by atoms with Crippen molar-refractivity contribution in [2.45, 2.75) is 102 Å². The molecule has 0 aromatic heterocycles. The van der Waals surface area contributed by atoms with Crippen molar-refractivity contribution in [1.29, 1.82) is 0 Å². The summed E-state index contributed by atoms with van der Waals surface area (Å²) in [4.78, 5) is 0. The SMILES string of the molecule is CCCCCC(O)CCCCCCC(CCC)S(=O)(=O)O. The molecule has 0 radical (unpaired) electrons. The molecule has 0 aliphatic heterocycles. The lowest BCUT2D eigenvalue weighted by atomic mass is 10.0. The van der Waals surface area contributed by atoms with Crippen LogP contribution in [0, 0.1) is 0 Å². The van der Waals surface area contributed by atoms with Crippen molar-refractivity contribution in [3.05, 3.63) is 0 Å². The van der Waals surface area contributed by atoms with E-state index in [1.165, 1.54) is 12.8 Å². The average Bonchev–Trinajstić information content (AvgIpc) is 2.40. The van der Waals surface area contributed by atoms with E-state index in [4.69, 9.17) is 4.55 Å². The summed E-state index contributed by atoms with van der Waals surface area (Å²) < 4.78 is 31.5. The zero-order valence-corrected chi connectivity index (χ0v) is 14.6. The Bertz CT molecular complexity index is 327. The predicted octanol–water partition coefficient (Wildman–Crippen LogP) is 4.32. The van der Waals surface area contributed by atoms with Gasteiger partial charge in [-0.05, 0) is 25.7 Å². The minimum absolute atomic E-state index is 0.179. The van der Waals surface area contributed by atoms with Gasteiger partial charge < -0.3 is 5.11 Å². The molecule has 0 saturated heterocycles. The van der Waals surface area contributed by atoms with Crippen LogP contribution in [0.5, 0.6) is 0 Å². The second-order valence-electron chi connectivity index (χ2n) is 6.07. The van der Waals surface area contributed by atoms with Crippen LogP contribution in [-0.2, 0) is 10.1 Å². The van der Waals surface area contributed by atoms with Gasteiger partial charge in [0.25, 0.3) is 10.1 Å². The molecule has 0 spiro atoms. The summed E-state index contributed by atoms with van der Waals surface area (Å²) in [6, 6.07) is 0. The summed E-state index contributed by atoms with van der Waals surface area (Å²) in [5, 5.41) is 9.19. The topological polar surface area (TPSA) is 74.6 Å². The third kappa shape index (κ3) is 12.1. The van der Waals surface area contributed by atoms with Gasteiger partial charge in [-0.2, -0.15) is 8.42 Å². The number of hydrogen-bond acceptors (Lipinski definition) is 3. The van der Waals surface area contributed by atoms with Gasteiger partial charge in [-0.3, -0.25) is 4.55 Å². The van der Waals surface area contributed by atoms with E-state index in [2.05, 4.69) is 6.92 Å². The number of aliphatic hydroxyl groups is 1. The van der Waals surface area contributed by atoms with Gasteiger partial charge in [0.1, 0.15) is 0 Å². The maximum absolute atomic E-state index is 11.2. The van der Waals surface area contributed by atoms with Gasteiger partial charge in [-0.15, -0.1) is 0 Å². The zero-order valence-electron chi connectivity index (χ0n) is 13.8. The molecular weight excluding hydrogens is 288 g/mol. The molecule has 0 amide bonds. The molecule has 0 saturated carbocycles. The molecule has 128 valence electrons. The van der Waals surface area contributed by atoms with Gasteiger partial charge in [-0.25, -0.2) is 0 Å². The van der Waals surface area contributed by atoms with Crippen molar-refractivity contribution < 1.29 is 18.1 Å². The first-order chi connectivity index (χ1) is 9.91. The van der Waals surface area contributed by atoms with E-state index in [0.717, 1.165) is 51.4 Å². The van der Waals surface area contributed by atoms with Crippen LogP contribution in [0.1, 0.15) is 90.9 Å². The number of aliphatic hydroxyl groups excluding tert-OH is 1. The Morgan fingerprint density at radius 1 is 0.762 bits per heavy atom. The molecule has 2 N–H and O–H groups in total. The first-order valence-electron chi connectivity index (χ1n) is 8.56. The molecule has 2 unspecified atom stereocenters. The van der Waals surface area contributed by atoms with Gasteiger partial charge >= 0.3 is 0 Å². The lowest BCUT2D eigenvalue weighted by Gasteiger charge is -2.13. The van der Waals surface area contributed by atoms with E-state index < -0.39 is 15.4 Å². The summed E-state index contributed by atoms with van der Waals surface area (Å²) in [6.07, 6.45) is 10.7. The first-order valence-corrected chi connectivity index (χ1v) is 10.1. The van der Waals surface area contributed by atoms with Crippen molar-refractivity contribution >= 4 is 10.1 Å². The summed E-state index contributed by atoms with van der Waals surface area (Å²) in [5.41, 5.74) is 0. The van der Waals surface area contributed by atoms with Crippen molar-refractivity contribution in [1.82, 2.24) is 0 Å². The van der Waals surface area contributed by atoms with Crippen LogP contribution in [0.2, 0.25) is 0 Å². The van der Waals surface area contributed by atoms with Gasteiger partial charge in [-0.1, -0.05) is 65.2 Å². The maximum Gasteiger partial charge on any atom is 0.267 e. The molecule has 0 aliphatic carbocycles. The highest BCUT2D eigenvalue weighted by molar-refractivity contribution is 7.86. The van der Waals surface area contributed by atoms with Crippen LogP contribution >= 0.6 is 0 Å². The van der Waals surface area contributed by atoms with Crippen molar-refractivity contribution in [3.8, 4) is 0 Å². The van der Waals surface area contributed by atoms with E-state index in [9.17, 15) is 13.5 Å². The zero-order chi connectivity index (χ0) is 16.1. The Hall–Kier alpha value is -0.130. The third-order valence-corrected chi connectivity index (χ3v) is 5.30. The molecule has 0 aromatic carbocycles. The smallest absolute Gasteiger partial charge is 0.267 e. The standard InChI is InChI=1S/C16H34O4S/c1-3-5-8-12-15(17)13-9-6-7-10-14-16(11-4-2)21(18,19)20/h15-17H,3-14H2,1-2H3,(H,18,19,20). The molecule has 21 heavy (non-hydrogen) atoms. The maximum atomic E-state index is 11.2. The van der Waals surface area contributed by atoms with Crippen LogP contribution in [0.25, 0.3) is 0 Å². The van der Waals surface area contributed by atoms with Gasteiger partial charge in [0.05, 0.1) is 11.4 Å². The molecule has 0 aliphatic rings. The fourth-order valence-electron chi connectivity index (χ4n) is 2.64. The van der Waals surface area contributed by atoms with E-state index in [1.54, 1.807) is 0 Å². The highest BCUT2D eigenvalue weighted by Crippen LogP contribution is 2.17. The van der Waals surface area contributed by atoms with Gasteiger partial charge in [0, 0.05) is 0 Å². The fraction of sp³-hybridized carbons (Fsp3) is 1.00. The lowest BCUT2D eigenvalue weighted by molar-refractivity contribution is 0.147. The first kappa shape index (κ1) is 20.9. The Kier molecular flexibility index (Phi) is 12.3. The number of unbranched alkanes of at least 4 members (excludes halogenated alkanes) is 5. The highest BCUT2D eigenvalue weighted by atomic mass is 32.2. The average molecular weight is 323 g/mol. The summed E-state index contributed by atoms with van der Waals surface area (Å²) in [7, 11) is -3.89. The molecule has 0 heterocycles. The Balaban J connectivity index is 3.62. The predicted molar refractivity (Wildman–Crippen MR) is 88.1 cm³/mol. The van der Waals surface area contributed by atoms with Gasteiger partial charge in [0.2, 0.25) is 0 Å². The summed E-state index contributed by atoms with van der Waals surface area (Å²) in [6.45, 7) is 4.09. The van der Waals surface area contributed by atoms with Crippen LogP contribution in [0.15, 0.2) is 0 Å². The second-order valence-corrected chi connectivity index (χ2v) is 7.76. The monoisotopic (exact) mass is 322 g/mol. The Morgan fingerprint density at radius 2 is 1.29 bits per heavy atom. The lowest BCUT2D eigenvalue weighted by Crippen LogP contribution is -2.20. The second kappa shape index (κ2) is 12.4. The quantitative estimate of drug-likeness (QED) is 0.369. The van der Waals surface area contributed by atoms with Crippen molar-refractivity contribution in [2.24, 2.45) is 0 Å². The van der Waals surface area contributed by atoms with E-state index in [-0.39, 0.29) is 6.10 Å². The molecule has 0 bridgehead atoms. The van der Waals surface area contributed by atoms with E-state index >= 15 is 0 Å². The molecule has 0 aromatic rings. The Morgan fingerprint density at radius 3 is 1.76 bits per heavy atom. The largest absolute Gasteiger partial charge is 0.393 e. The van der Waals surface area contributed by atoms with Crippen LogP contribution in [0.4, 0.5) is 0 Å². The molecule has 0 rings (SSSR count). The number of hydrogen-bond donors (Lipinski definition) is 2. The molecular formula is C16H34O4S. The minimum Gasteiger partial charge on any atom is -0.393 e. The minimum atomic E-state index is -3.89. The summed E-state index contributed by atoms with van der Waals surface area (Å²) >= 11 is 0. The fourth-order valence-corrected chi connectivity index (χ4v) is 3.64. The summed E-state index contributed by atoms with van der Waals surface area (Å²) in [5.74, 6) is 0. The Labute approximate surface area is 131 Å². The number of rotatable bonds is 14. The molecule has 5 heteroatoms. The molecule has 4 nitrogen and oxygen atoms in total. The van der Waals surface area contributed by atoms with E-state index in [0.29, 0.717) is 12.8 Å². The van der Waals surface area contributed by atoms with Crippen molar-refractivity contribution in [2.75, 3.05) is 0 Å². The van der Waals surface area contributed by atoms with Crippen LogP contribution in [-0.4, -0.2) is 29.4 Å². The third-order valence-electron chi connectivity index (χ3n) is 3.99. The molecule has 0 fully saturated rings. The van der Waals surface area contributed by atoms with Crippen LogP contribution < -0.4 is 0 Å². The molecule has 2 atom stereocenters. The van der Waals surface area contributed by atoms with Gasteiger partial charge in [0.15, 0.2) is 0 Å². The van der Waals surface area contributed by atoms with E-state index in [1.807, 2.05) is 6.92 Å². The normalized spacial score (nSPS) is 15.0. The van der Waals surface area contributed by atoms with Crippen LogP contribution in [0.3, 0.4) is 0 Å².